The summed E-state index contributed by atoms with van der Waals surface area (Å²) in [6.45, 7) is 1.78. The first-order valence-electron chi connectivity index (χ1n) is 12.9. The number of halogens is 4. The summed E-state index contributed by atoms with van der Waals surface area (Å²) in [5.74, 6) is -1.61. The molecule has 0 aromatic heterocycles. The van der Waals surface area contributed by atoms with E-state index in [1.54, 1.807) is 43.4 Å². The molecule has 11 heteroatoms. The van der Waals surface area contributed by atoms with Crippen molar-refractivity contribution in [1.29, 1.82) is 0 Å². The van der Waals surface area contributed by atoms with E-state index in [9.17, 15) is 32.3 Å². The minimum absolute atomic E-state index is 0.0460. The Balaban J connectivity index is 1.41. The summed E-state index contributed by atoms with van der Waals surface area (Å²) in [7, 11) is 1.60. The number of urea groups is 1. The van der Waals surface area contributed by atoms with Gasteiger partial charge in [0.1, 0.15) is 5.75 Å². The van der Waals surface area contributed by atoms with Crippen LogP contribution in [0.15, 0.2) is 72.8 Å². The van der Waals surface area contributed by atoms with Gasteiger partial charge in [0.2, 0.25) is 5.60 Å². The minimum atomic E-state index is -4.47. The SMILES string of the molecule is CN1C(=O)NCC1(CCOc1ccc(CC(C)(Oc2ccccc2F)C(=O)O)cc1)Cc1cccc(C(F)(F)F)c1. The summed E-state index contributed by atoms with van der Waals surface area (Å²) in [6.07, 6.45) is -3.98. The van der Waals surface area contributed by atoms with Crippen LogP contribution in [0.5, 0.6) is 11.5 Å². The van der Waals surface area contributed by atoms with Gasteiger partial charge >= 0.3 is 18.2 Å². The van der Waals surface area contributed by atoms with Gasteiger partial charge in [-0.3, -0.25) is 0 Å². The van der Waals surface area contributed by atoms with Gasteiger partial charge in [-0.25, -0.2) is 14.0 Å². The average Bonchev–Trinajstić information content (AvgIpc) is 3.19. The van der Waals surface area contributed by atoms with Crippen LogP contribution in [0.3, 0.4) is 0 Å². The number of rotatable bonds is 11. The molecule has 2 unspecified atom stereocenters. The number of benzene rings is 3. The van der Waals surface area contributed by atoms with Crippen LogP contribution in [0.25, 0.3) is 0 Å². The number of hydrogen-bond acceptors (Lipinski definition) is 4. The lowest BCUT2D eigenvalue weighted by Crippen LogP contribution is -2.48. The van der Waals surface area contributed by atoms with Crippen molar-refractivity contribution >= 4 is 12.0 Å². The lowest BCUT2D eigenvalue weighted by atomic mass is 9.87. The molecule has 7 nitrogen and oxygen atoms in total. The van der Waals surface area contributed by atoms with E-state index in [0.29, 0.717) is 23.3 Å². The number of ether oxygens (including phenoxy) is 2. The normalized spacial score (nSPS) is 18.5. The Morgan fingerprint density at radius 2 is 1.76 bits per heavy atom. The molecule has 0 aliphatic carbocycles. The maximum Gasteiger partial charge on any atom is 0.416 e. The molecule has 3 aromatic carbocycles. The molecule has 2 N–H and O–H groups in total. The molecule has 2 amide bonds. The van der Waals surface area contributed by atoms with Gasteiger partial charge in [-0.2, -0.15) is 13.2 Å². The minimum Gasteiger partial charge on any atom is -0.494 e. The molecule has 4 rings (SSSR count). The Morgan fingerprint density at radius 1 is 1.05 bits per heavy atom. The maximum atomic E-state index is 14.1. The van der Waals surface area contributed by atoms with Gasteiger partial charge in [-0.1, -0.05) is 42.5 Å². The van der Waals surface area contributed by atoms with E-state index >= 15 is 0 Å². The highest BCUT2D eigenvalue weighted by molar-refractivity contribution is 5.78. The molecule has 0 bridgehead atoms. The van der Waals surface area contributed by atoms with Gasteiger partial charge < -0.3 is 24.8 Å². The van der Waals surface area contributed by atoms with Gasteiger partial charge in [0.15, 0.2) is 11.6 Å². The number of likely N-dealkylation sites (N-methyl/N-ethyl adjacent to an activating group) is 1. The van der Waals surface area contributed by atoms with Crippen LogP contribution in [0.1, 0.15) is 30.0 Å². The molecule has 1 heterocycles. The molecule has 1 aliphatic heterocycles. The molecule has 2 atom stereocenters. The number of alkyl halides is 3. The fourth-order valence-electron chi connectivity index (χ4n) is 4.83. The van der Waals surface area contributed by atoms with E-state index in [2.05, 4.69) is 5.32 Å². The van der Waals surface area contributed by atoms with Crippen LogP contribution >= 0.6 is 0 Å². The van der Waals surface area contributed by atoms with Crippen LogP contribution < -0.4 is 14.8 Å². The Bertz CT molecular complexity index is 1400. The van der Waals surface area contributed by atoms with Crippen LogP contribution in [-0.4, -0.2) is 53.3 Å². The Morgan fingerprint density at radius 3 is 2.37 bits per heavy atom. The van der Waals surface area contributed by atoms with Crippen molar-refractivity contribution in [2.45, 2.75) is 43.5 Å². The number of carbonyl (C=O) groups is 2. The molecule has 0 spiro atoms. The first-order valence-corrected chi connectivity index (χ1v) is 12.9. The van der Waals surface area contributed by atoms with Gasteiger partial charge in [-0.05, 0) is 54.8 Å². The standard InChI is InChI=1S/C30H30F4N2O5/c1-28(26(37)38,41-25-9-4-3-8-24(25)31)17-20-10-12-23(13-11-20)40-15-14-29(19-35-27(39)36(29)2)18-21-6-5-7-22(16-21)30(32,33)34/h3-13,16H,14-15,17-19H2,1-2H3,(H,35,39)(H,37,38). The van der Waals surface area contributed by atoms with Crippen LogP contribution in [-0.2, 0) is 23.8 Å². The number of aliphatic carboxylic acids is 1. The molecular formula is C30H30F4N2O5. The molecule has 0 radical (unpaired) electrons. The monoisotopic (exact) mass is 574 g/mol. The van der Waals surface area contributed by atoms with Gasteiger partial charge in [-0.15, -0.1) is 0 Å². The van der Waals surface area contributed by atoms with Crippen LogP contribution in [0.4, 0.5) is 22.4 Å². The summed E-state index contributed by atoms with van der Waals surface area (Å²) < 4.78 is 65.2. The average molecular weight is 575 g/mol. The second-order valence-corrected chi connectivity index (χ2v) is 10.3. The maximum absolute atomic E-state index is 14.1. The Labute approximate surface area is 234 Å². The summed E-state index contributed by atoms with van der Waals surface area (Å²) in [6, 6.07) is 17.0. The smallest absolute Gasteiger partial charge is 0.416 e. The molecular weight excluding hydrogens is 544 g/mol. The van der Waals surface area contributed by atoms with Crippen molar-refractivity contribution < 1.29 is 41.7 Å². The van der Waals surface area contributed by atoms with Gasteiger partial charge in [0.05, 0.1) is 17.7 Å². The van der Waals surface area contributed by atoms with E-state index in [1.807, 2.05) is 0 Å². The van der Waals surface area contributed by atoms with E-state index in [0.717, 1.165) is 12.1 Å². The van der Waals surface area contributed by atoms with Gasteiger partial charge in [0, 0.05) is 26.4 Å². The second kappa shape index (κ2) is 11.7. The zero-order valence-corrected chi connectivity index (χ0v) is 22.5. The van der Waals surface area contributed by atoms with Gasteiger partial charge in [0.25, 0.3) is 0 Å². The van der Waals surface area contributed by atoms with E-state index in [1.165, 1.54) is 36.1 Å². The quantitative estimate of drug-likeness (QED) is 0.286. The highest BCUT2D eigenvalue weighted by Gasteiger charge is 2.43. The zero-order valence-electron chi connectivity index (χ0n) is 22.5. The number of amides is 2. The fraction of sp³-hybridized carbons (Fsp3) is 0.333. The number of para-hydroxylation sites is 1. The summed E-state index contributed by atoms with van der Waals surface area (Å²) in [5, 5.41) is 12.5. The molecule has 0 saturated carbocycles. The van der Waals surface area contributed by atoms with E-state index < -0.39 is 34.7 Å². The predicted molar refractivity (Wildman–Crippen MR) is 142 cm³/mol. The molecule has 218 valence electrons. The Kier molecular flexibility index (Phi) is 8.46. The first-order chi connectivity index (χ1) is 19.3. The summed E-state index contributed by atoms with van der Waals surface area (Å²) >= 11 is 0. The molecule has 1 fully saturated rings. The van der Waals surface area contributed by atoms with E-state index in [-0.39, 0.29) is 37.8 Å². The van der Waals surface area contributed by atoms with E-state index in [4.69, 9.17) is 9.47 Å². The van der Waals surface area contributed by atoms with Crippen molar-refractivity contribution in [3.05, 3.63) is 95.3 Å². The zero-order chi connectivity index (χ0) is 29.8. The van der Waals surface area contributed by atoms with Crippen LogP contribution in [0, 0.1) is 5.82 Å². The van der Waals surface area contributed by atoms with Crippen molar-refractivity contribution in [3.63, 3.8) is 0 Å². The topological polar surface area (TPSA) is 88.1 Å². The molecule has 1 saturated heterocycles. The van der Waals surface area contributed by atoms with Crippen molar-refractivity contribution in [1.82, 2.24) is 10.2 Å². The number of carbonyl (C=O) groups excluding carboxylic acids is 1. The lowest BCUT2D eigenvalue weighted by Gasteiger charge is -2.35. The Hall–Kier alpha value is -4.28. The number of nitrogens with one attached hydrogen (secondary N) is 1. The predicted octanol–water partition coefficient (Wildman–Crippen LogP) is 5.71. The number of nitrogens with zero attached hydrogens (tertiary/aromatic N) is 1. The second-order valence-electron chi connectivity index (χ2n) is 10.3. The molecule has 3 aromatic rings. The molecule has 1 aliphatic rings. The van der Waals surface area contributed by atoms with Crippen LogP contribution in [0.2, 0.25) is 0 Å². The third-order valence-corrected chi connectivity index (χ3v) is 7.30. The fourth-order valence-corrected chi connectivity index (χ4v) is 4.83. The van der Waals surface area contributed by atoms with Crippen molar-refractivity contribution in [3.8, 4) is 11.5 Å². The first kappa shape index (κ1) is 29.7. The number of carboxylic acid groups (broad SMARTS) is 1. The highest BCUT2D eigenvalue weighted by atomic mass is 19.4. The molecule has 41 heavy (non-hydrogen) atoms. The number of hydrogen-bond donors (Lipinski definition) is 2. The summed E-state index contributed by atoms with van der Waals surface area (Å²) in [4.78, 5) is 25.8. The third kappa shape index (κ3) is 6.90. The summed E-state index contributed by atoms with van der Waals surface area (Å²) in [5.41, 5.74) is -2.21. The van der Waals surface area contributed by atoms with Crippen molar-refractivity contribution in [2.24, 2.45) is 0 Å². The third-order valence-electron chi connectivity index (χ3n) is 7.30. The largest absolute Gasteiger partial charge is 0.494 e. The van der Waals surface area contributed by atoms with Crippen molar-refractivity contribution in [2.75, 3.05) is 20.2 Å². The highest BCUT2D eigenvalue weighted by Crippen LogP contribution is 2.33. The number of carboxylic acids is 1. The lowest BCUT2D eigenvalue weighted by molar-refractivity contribution is -0.153.